The molecule has 0 spiro atoms. The van der Waals surface area contributed by atoms with Crippen LogP contribution in [-0.4, -0.2) is 42.1 Å². The molecule has 118 valence electrons. The monoisotopic (exact) mass is 290 g/mol. The Morgan fingerprint density at radius 2 is 1.80 bits per heavy atom. The summed E-state index contributed by atoms with van der Waals surface area (Å²) in [6, 6.07) is 0. The van der Waals surface area contributed by atoms with Crippen LogP contribution in [0.4, 0.5) is 4.79 Å². The van der Waals surface area contributed by atoms with Crippen molar-refractivity contribution in [3.8, 4) is 0 Å². The van der Waals surface area contributed by atoms with Crippen LogP contribution in [0.5, 0.6) is 0 Å². The molecule has 1 atom stereocenters. The van der Waals surface area contributed by atoms with Crippen LogP contribution in [-0.2, 0) is 14.3 Å². The molecule has 0 unspecified atom stereocenters. The van der Waals surface area contributed by atoms with Gasteiger partial charge in [0.1, 0.15) is 11.1 Å². The minimum Gasteiger partial charge on any atom is -0.467 e. The third kappa shape index (κ3) is 5.34. The third-order valence-electron chi connectivity index (χ3n) is 2.89. The van der Waals surface area contributed by atoms with Crippen LogP contribution in [0.25, 0.3) is 0 Å². The quantitative estimate of drug-likeness (QED) is 0.506. The van der Waals surface area contributed by atoms with Crippen LogP contribution in [0.3, 0.4) is 0 Å². The fourth-order valence-electron chi connectivity index (χ4n) is 1.81. The van der Waals surface area contributed by atoms with Crippen molar-refractivity contribution in [2.45, 2.75) is 52.2 Å². The van der Waals surface area contributed by atoms with E-state index in [0.717, 1.165) is 0 Å². The Morgan fingerprint density at radius 1 is 1.25 bits per heavy atom. The summed E-state index contributed by atoms with van der Waals surface area (Å²) in [5.41, 5.74) is 0.0528. The second-order valence-electron chi connectivity index (χ2n) is 5.90. The van der Waals surface area contributed by atoms with Crippen LogP contribution in [0.2, 0.25) is 0 Å². The molecule has 0 aliphatic rings. The molecular weight excluding hydrogens is 264 g/mol. The molecule has 1 amide bonds. The average Bonchev–Trinajstić information content (AvgIpc) is 2.30. The highest BCUT2D eigenvalue weighted by molar-refractivity contribution is 5.86. The average molecular weight is 290 g/mol. The van der Waals surface area contributed by atoms with Gasteiger partial charge in [0, 0.05) is 6.54 Å². The van der Waals surface area contributed by atoms with Crippen molar-refractivity contribution in [3.05, 3.63) is 0 Å². The number of carbonyl (C=O) groups is 2. The standard InChI is InChI=1S/C13H26N2O5/c1-9(2)13(7-8-14-18,10(16)19-6)15-11(17)20-12(3,4)5/h9,14,18H,7-8H2,1-6H3,(H,15,17)/t13-/m1/s1. The van der Waals surface area contributed by atoms with Gasteiger partial charge in [-0.1, -0.05) is 13.8 Å². The van der Waals surface area contributed by atoms with E-state index >= 15 is 0 Å². The number of ether oxygens (including phenoxy) is 2. The highest BCUT2D eigenvalue weighted by Crippen LogP contribution is 2.24. The van der Waals surface area contributed by atoms with E-state index < -0.39 is 23.2 Å². The molecule has 0 aliphatic heterocycles. The van der Waals surface area contributed by atoms with Crippen LogP contribution in [0, 0.1) is 5.92 Å². The van der Waals surface area contributed by atoms with Crippen LogP contribution in [0.1, 0.15) is 41.0 Å². The molecule has 7 nitrogen and oxygen atoms in total. The highest BCUT2D eigenvalue weighted by atomic mass is 16.6. The van der Waals surface area contributed by atoms with Gasteiger partial charge in [-0.2, -0.15) is 0 Å². The van der Waals surface area contributed by atoms with Gasteiger partial charge in [0.25, 0.3) is 0 Å². The molecule has 0 heterocycles. The summed E-state index contributed by atoms with van der Waals surface area (Å²) in [7, 11) is 1.25. The first-order valence-corrected chi connectivity index (χ1v) is 6.55. The van der Waals surface area contributed by atoms with E-state index in [1.807, 2.05) is 5.48 Å². The van der Waals surface area contributed by atoms with Gasteiger partial charge >= 0.3 is 12.1 Å². The molecule has 0 rings (SSSR count). The number of hydroxylamine groups is 1. The first-order chi connectivity index (χ1) is 9.09. The predicted molar refractivity (Wildman–Crippen MR) is 73.4 cm³/mol. The van der Waals surface area contributed by atoms with Crippen molar-refractivity contribution < 1.29 is 24.3 Å². The van der Waals surface area contributed by atoms with E-state index in [1.165, 1.54) is 7.11 Å². The van der Waals surface area contributed by atoms with Crippen molar-refractivity contribution in [3.63, 3.8) is 0 Å². The summed E-state index contributed by atoms with van der Waals surface area (Å²) in [5, 5.41) is 11.3. The van der Waals surface area contributed by atoms with Gasteiger partial charge in [-0.3, -0.25) is 0 Å². The number of alkyl carbamates (subject to hydrolysis) is 1. The molecule has 0 aromatic carbocycles. The molecule has 7 heteroatoms. The molecule has 3 N–H and O–H groups in total. The Morgan fingerprint density at radius 3 is 2.15 bits per heavy atom. The number of nitrogens with one attached hydrogen (secondary N) is 2. The Balaban J connectivity index is 5.18. The molecule has 0 aliphatic carbocycles. The van der Waals surface area contributed by atoms with E-state index in [9.17, 15) is 9.59 Å². The van der Waals surface area contributed by atoms with Crippen molar-refractivity contribution in [2.24, 2.45) is 5.92 Å². The smallest absolute Gasteiger partial charge is 0.408 e. The molecule has 0 radical (unpaired) electrons. The zero-order valence-electron chi connectivity index (χ0n) is 13.1. The zero-order chi connectivity index (χ0) is 16.0. The molecule has 0 saturated carbocycles. The highest BCUT2D eigenvalue weighted by Gasteiger charge is 2.44. The number of amides is 1. The van der Waals surface area contributed by atoms with Crippen molar-refractivity contribution in [1.82, 2.24) is 10.8 Å². The van der Waals surface area contributed by atoms with E-state index in [2.05, 4.69) is 5.32 Å². The van der Waals surface area contributed by atoms with E-state index in [4.69, 9.17) is 14.7 Å². The minimum atomic E-state index is -1.26. The largest absolute Gasteiger partial charge is 0.467 e. The predicted octanol–water partition coefficient (Wildman–Crippen LogP) is 1.45. The fourth-order valence-corrected chi connectivity index (χ4v) is 1.81. The molecular formula is C13H26N2O5. The Bertz CT molecular complexity index is 338. The first-order valence-electron chi connectivity index (χ1n) is 6.55. The van der Waals surface area contributed by atoms with E-state index in [1.54, 1.807) is 34.6 Å². The van der Waals surface area contributed by atoms with Crippen molar-refractivity contribution in [1.29, 1.82) is 0 Å². The Hall–Kier alpha value is -1.34. The first kappa shape index (κ1) is 18.7. The second kappa shape index (κ2) is 7.44. The lowest BCUT2D eigenvalue weighted by Gasteiger charge is -2.36. The van der Waals surface area contributed by atoms with Gasteiger partial charge in [-0.15, -0.1) is 0 Å². The van der Waals surface area contributed by atoms with Gasteiger partial charge in [-0.25, -0.2) is 15.1 Å². The molecule has 20 heavy (non-hydrogen) atoms. The maximum absolute atomic E-state index is 12.1. The Kier molecular flexibility index (Phi) is 6.95. The topological polar surface area (TPSA) is 96.9 Å². The summed E-state index contributed by atoms with van der Waals surface area (Å²) < 4.78 is 9.96. The SMILES string of the molecule is COC(=O)[C@](CCNO)(NC(=O)OC(C)(C)C)C(C)C. The van der Waals surface area contributed by atoms with E-state index in [0.29, 0.717) is 0 Å². The molecule has 0 bridgehead atoms. The lowest BCUT2D eigenvalue weighted by atomic mass is 9.83. The second-order valence-corrected chi connectivity index (χ2v) is 5.90. The maximum atomic E-state index is 12.1. The fraction of sp³-hybridized carbons (Fsp3) is 0.846. The van der Waals surface area contributed by atoms with Gasteiger partial charge in [-0.05, 0) is 33.1 Å². The summed E-state index contributed by atoms with van der Waals surface area (Å²) in [5.74, 6) is -0.815. The number of rotatable bonds is 6. The third-order valence-corrected chi connectivity index (χ3v) is 2.89. The number of hydrogen-bond donors (Lipinski definition) is 3. The van der Waals surface area contributed by atoms with Crippen LogP contribution >= 0.6 is 0 Å². The lowest BCUT2D eigenvalue weighted by Crippen LogP contribution is -2.60. The minimum absolute atomic E-state index is 0.128. The van der Waals surface area contributed by atoms with Crippen LogP contribution in [0.15, 0.2) is 0 Å². The molecule has 0 aromatic heterocycles. The zero-order valence-corrected chi connectivity index (χ0v) is 13.1. The van der Waals surface area contributed by atoms with E-state index in [-0.39, 0.29) is 18.9 Å². The maximum Gasteiger partial charge on any atom is 0.408 e. The molecule has 0 fully saturated rings. The van der Waals surface area contributed by atoms with Gasteiger partial charge in [0.15, 0.2) is 0 Å². The normalized spacial score (nSPS) is 14.6. The van der Waals surface area contributed by atoms with Gasteiger partial charge in [0.2, 0.25) is 0 Å². The molecule has 0 aromatic rings. The summed E-state index contributed by atoms with van der Waals surface area (Å²) in [4.78, 5) is 24.0. The van der Waals surface area contributed by atoms with Crippen LogP contribution < -0.4 is 10.8 Å². The lowest BCUT2D eigenvalue weighted by molar-refractivity contribution is -0.151. The Labute approximate surface area is 120 Å². The molecule has 0 saturated heterocycles. The summed E-state index contributed by atoms with van der Waals surface area (Å²) >= 11 is 0. The van der Waals surface area contributed by atoms with Crippen molar-refractivity contribution >= 4 is 12.1 Å². The summed E-state index contributed by atoms with van der Waals surface area (Å²) in [6.07, 6.45) is -0.526. The number of esters is 1. The number of carbonyl (C=O) groups excluding carboxylic acids is 2. The number of methoxy groups -OCH3 is 1. The summed E-state index contributed by atoms with van der Waals surface area (Å²) in [6.45, 7) is 8.89. The van der Waals surface area contributed by atoms with Gasteiger partial charge in [0.05, 0.1) is 7.11 Å². The van der Waals surface area contributed by atoms with Gasteiger partial charge < -0.3 is 20.0 Å². The number of hydrogen-bond acceptors (Lipinski definition) is 6. The van der Waals surface area contributed by atoms with Crippen molar-refractivity contribution in [2.75, 3.05) is 13.7 Å².